The fourth-order valence-corrected chi connectivity index (χ4v) is 5.55. The maximum atomic E-state index is 14.4. The highest BCUT2D eigenvalue weighted by Crippen LogP contribution is 2.47. The van der Waals surface area contributed by atoms with Gasteiger partial charge in [0.05, 0.1) is 0 Å². The van der Waals surface area contributed by atoms with Crippen LogP contribution in [0.3, 0.4) is 0 Å². The van der Waals surface area contributed by atoms with E-state index in [0.29, 0.717) is 12.2 Å². The number of rotatable bonds is 6. The molecular formula is C21H28FN5S. The molecule has 2 unspecified atom stereocenters. The molecule has 2 N–H and O–H groups in total. The van der Waals surface area contributed by atoms with Gasteiger partial charge in [0.25, 0.3) is 0 Å². The van der Waals surface area contributed by atoms with Crippen molar-refractivity contribution in [1.29, 1.82) is 0 Å². The molecule has 0 saturated carbocycles. The summed E-state index contributed by atoms with van der Waals surface area (Å²) in [6.45, 7) is 5.26. The summed E-state index contributed by atoms with van der Waals surface area (Å²) in [7, 11) is 2.04. The lowest BCUT2D eigenvalue weighted by atomic mass is 10.0. The number of alkyl halides is 1. The molecule has 0 amide bonds. The van der Waals surface area contributed by atoms with E-state index in [4.69, 9.17) is 5.73 Å². The number of halogens is 1. The van der Waals surface area contributed by atoms with E-state index in [-0.39, 0.29) is 5.50 Å². The van der Waals surface area contributed by atoms with Crippen LogP contribution in [0.2, 0.25) is 0 Å². The summed E-state index contributed by atoms with van der Waals surface area (Å²) in [5.41, 5.74) is 10.4. The summed E-state index contributed by atoms with van der Waals surface area (Å²) in [6, 6.07) is 4.30. The SMILES string of the molecule is CCCCN1c2ncnc(N)c2N(C)C1Sc1cc2c(cc1CC)CCC2F. The molecule has 7 heteroatoms. The van der Waals surface area contributed by atoms with Crippen LogP contribution in [0.5, 0.6) is 0 Å². The lowest BCUT2D eigenvalue weighted by molar-refractivity contribution is 0.343. The lowest BCUT2D eigenvalue weighted by Gasteiger charge is -2.30. The van der Waals surface area contributed by atoms with Crippen LogP contribution < -0.4 is 15.5 Å². The normalized spacial score (nSPS) is 20.6. The number of aromatic nitrogens is 2. The van der Waals surface area contributed by atoms with E-state index >= 15 is 0 Å². The zero-order valence-corrected chi connectivity index (χ0v) is 17.6. The third-order valence-electron chi connectivity index (χ3n) is 5.75. The third kappa shape index (κ3) is 3.19. The van der Waals surface area contributed by atoms with Crippen molar-refractivity contribution in [2.75, 3.05) is 29.1 Å². The maximum absolute atomic E-state index is 14.4. The average molecular weight is 402 g/mol. The Hall–Kier alpha value is -2.02. The van der Waals surface area contributed by atoms with Gasteiger partial charge in [-0.1, -0.05) is 38.1 Å². The van der Waals surface area contributed by atoms with Crippen LogP contribution in [-0.2, 0) is 12.8 Å². The van der Waals surface area contributed by atoms with Gasteiger partial charge in [-0.25, -0.2) is 14.4 Å². The van der Waals surface area contributed by atoms with Crippen molar-refractivity contribution in [2.45, 2.75) is 62.5 Å². The number of nitrogen functional groups attached to an aromatic ring is 1. The molecule has 1 aromatic carbocycles. The fraction of sp³-hybridized carbons (Fsp3) is 0.524. The van der Waals surface area contributed by atoms with E-state index in [2.05, 4.69) is 45.7 Å². The highest BCUT2D eigenvalue weighted by molar-refractivity contribution is 8.00. The summed E-state index contributed by atoms with van der Waals surface area (Å²) < 4.78 is 14.4. The molecule has 0 radical (unpaired) electrons. The zero-order valence-electron chi connectivity index (χ0n) is 16.8. The second-order valence-corrected chi connectivity index (χ2v) is 8.65. The van der Waals surface area contributed by atoms with Gasteiger partial charge in [-0.15, -0.1) is 0 Å². The number of hydrogen-bond acceptors (Lipinski definition) is 6. The number of anilines is 3. The van der Waals surface area contributed by atoms with Gasteiger partial charge in [-0.05, 0) is 48.4 Å². The minimum Gasteiger partial charge on any atom is -0.382 e. The molecule has 2 aliphatic rings. The van der Waals surface area contributed by atoms with Crippen molar-refractivity contribution >= 4 is 29.1 Å². The molecule has 0 fully saturated rings. The third-order valence-corrected chi connectivity index (χ3v) is 7.16. The number of nitrogens with zero attached hydrogens (tertiary/aromatic N) is 4. The molecule has 0 bridgehead atoms. The zero-order chi connectivity index (χ0) is 19.8. The lowest BCUT2D eigenvalue weighted by Crippen LogP contribution is -2.39. The number of aryl methyl sites for hydroxylation is 2. The molecule has 0 saturated heterocycles. The summed E-state index contributed by atoms with van der Waals surface area (Å²) >= 11 is 1.76. The maximum Gasteiger partial charge on any atom is 0.160 e. The van der Waals surface area contributed by atoms with Crippen LogP contribution in [0.1, 0.15) is 56.0 Å². The molecule has 0 spiro atoms. The van der Waals surface area contributed by atoms with E-state index in [1.165, 1.54) is 17.5 Å². The molecule has 2 aromatic rings. The molecule has 4 rings (SSSR count). The molecule has 150 valence electrons. The van der Waals surface area contributed by atoms with E-state index < -0.39 is 6.17 Å². The first kappa shape index (κ1) is 19.3. The molecule has 1 aromatic heterocycles. The predicted molar refractivity (Wildman–Crippen MR) is 115 cm³/mol. The molecule has 1 aliphatic heterocycles. The Balaban J connectivity index is 1.70. The number of unbranched alkanes of at least 4 members (excludes halogenated alkanes) is 1. The van der Waals surface area contributed by atoms with Gasteiger partial charge in [0.2, 0.25) is 0 Å². The van der Waals surface area contributed by atoms with Crippen LogP contribution in [0.4, 0.5) is 21.7 Å². The minimum absolute atomic E-state index is 0.0309. The van der Waals surface area contributed by atoms with Crippen molar-refractivity contribution in [3.63, 3.8) is 0 Å². The van der Waals surface area contributed by atoms with Gasteiger partial charge >= 0.3 is 0 Å². The number of benzene rings is 1. The Bertz CT molecular complexity index is 874. The first-order valence-electron chi connectivity index (χ1n) is 10.1. The summed E-state index contributed by atoms with van der Waals surface area (Å²) in [5, 5.41) is 0. The van der Waals surface area contributed by atoms with Gasteiger partial charge < -0.3 is 15.5 Å². The molecule has 2 heterocycles. The smallest absolute Gasteiger partial charge is 0.160 e. The number of thioether (sulfide) groups is 1. The molecule has 28 heavy (non-hydrogen) atoms. The van der Waals surface area contributed by atoms with E-state index in [1.807, 2.05) is 7.05 Å². The first-order chi connectivity index (χ1) is 13.5. The standard InChI is InChI=1S/C21H28FN5S/c1-4-6-9-27-20-18(19(23)24-12-25-20)26(3)21(27)28-17-11-15-14(7-8-16(15)22)10-13(17)5-2/h10-12,16,21H,4-9H2,1-3H3,(H2,23,24,25). The number of hydrogen-bond donors (Lipinski definition) is 1. The van der Waals surface area contributed by atoms with Crippen LogP contribution >= 0.6 is 11.8 Å². The molecule has 5 nitrogen and oxygen atoms in total. The van der Waals surface area contributed by atoms with Crippen molar-refractivity contribution in [2.24, 2.45) is 0 Å². The quantitative estimate of drug-likeness (QED) is 0.756. The summed E-state index contributed by atoms with van der Waals surface area (Å²) in [4.78, 5) is 14.3. The van der Waals surface area contributed by atoms with E-state index in [0.717, 1.165) is 54.2 Å². The van der Waals surface area contributed by atoms with Crippen molar-refractivity contribution in [3.8, 4) is 0 Å². The van der Waals surface area contributed by atoms with E-state index in [9.17, 15) is 4.39 Å². The van der Waals surface area contributed by atoms with Crippen molar-refractivity contribution in [1.82, 2.24) is 9.97 Å². The largest absolute Gasteiger partial charge is 0.382 e. The Morgan fingerprint density at radius 2 is 2.11 bits per heavy atom. The van der Waals surface area contributed by atoms with Gasteiger partial charge in [0, 0.05) is 18.5 Å². The summed E-state index contributed by atoms with van der Waals surface area (Å²) in [5.74, 6) is 1.40. The van der Waals surface area contributed by atoms with Crippen LogP contribution in [-0.4, -0.2) is 29.1 Å². The number of nitrogens with two attached hydrogens (primary N) is 1. The fourth-order valence-electron chi connectivity index (χ4n) is 4.18. The highest BCUT2D eigenvalue weighted by Gasteiger charge is 2.38. The molecular weight excluding hydrogens is 373 g/mol. The van der Waals surface area contributed by atoms with Crippen LogP contribution in [0.25, 0.3) is 0 Å². The first-order valence-corrected chi connectivity index (χ1v) is 11.0. The van der Waals surface area contributed by atoms with Gasteiger partial charge in [0.1, 0.15) is 18.2 Å². The average Bonchev–Trinajstić information content (AvgIpc) is 3.18. The second-order valence-electron chi connectivity index (χ2n) is 7.55. The van der Waals surface area contributed by atoms with Crippen molar-refractivity contribution < 1.29 is 4.39 Å². The van der Waals surface area contributed by atoms with Crippen molar-refractivity contribution in [3.05, 3.63) is 35.2 Å². The Morgan fingerprint density at radius 1 is 1.29 bits per heavy atom. The predicted octanol–water partition coefficient (Wildman–Crippen LogP) is 4.71. The Morgan fingerprint density at radius 3 is 2.86 bits per heavy atom. The van der Waals surface area contributed by atoms with Crippen LogP contribution in [0.15, 0.2) is 23.4 Å². The highest BCUT2D eigenvalue weighted by atomic mass is 32.2. The summed E-state index contributed by atoms with van der Waals surface area (Å²) in [6.07, 6.45) is 5.27. The molecule has 2 atom stereocenters. The Labute approximate surface area is 170 Å². The number of fused-ring (bicyclic) bond motifs is 2. The molecule has 1 aliphatic carbocycles. The van der Waals surface area contributed by atoms with E-state index in [1.54, 1.807) is 11.8 Å². The van der Waals surface area contributed by atoms with Gasteiger partial charge in [-0.3, -0.25) is 0 Å². The van der Waals surface area contributed by atoms with Crippen LogP contribution in [0, 0.1) is 0 Å². The second kappa shape index (κ2) is 7.78. The van der Waals surface area contributed by atoms with Gasteiger partial charge in [0.15, 0.2) is 17.1 Å². The van der Waals surface area contributed by atoms with Gasteiger partial charge in [-0.2, -0.15) is 0 Å². The minimum atomic E-state index is -0.837. The Kier molecular flexibility index (Phi) is 5.36. The monoisotopic (exact) mass is 401 g/mol. The topological polar surface area (TPSA) is 58.3 Å².